The van der Waals surface area contributed by atoms with Crippen LogP contribution in [-0.4, -0.2) is 29.5 Å². The average molecular weight is 183 g/mol. The molecule has 0 unspecified atom stereocenters. The van der Waals surface area contributed by atoms with Crippen LogP contribution < -0.4 is 4.65 Å². The van der Waals surface area contributed by atoms with Crippen LogP contribution in [0.5, 0.6) is 5.75 Å². The molecule has 13 heavy (non-hydrogen) atoms. The Morgan fingerprint density at radius 2 is 2.23 bits per heavy atom. The first-order chi connectivity index (χ1) is 6.22. The molecule has 6 heteroatoms. The van der Waals surface area contributed by atoms with Gasteiger partial charge in [0, 0.05) is 7.11 Å². The fourth-order valence-electron chi connectivity index (χ4n) is 0.836. The van der Waals surface area contributed by atoms with Crippen molar-refractivity contribution in [3.8, 4) is 5.75 Å². The average Bonchev–Trinajstić information content (AvgIpc) is 2.08. The van der Waals surface area contributed by atoms with Crippen LogP contribution >= 0.6 is 0 Å². The fourth-order valence-corrected chi connectivity index (χ4v) is 0.836. The number of hydrogen-bond acceptors (Lipinski definition) is 5. The van der Waals surface area contributed by atoms with E-state index < -0.39 is 7.32 Å². The number of ether oxygens (including phenoxy) is 1. The van der Waals surface area contributed by atoms with Gasteiger partial charge < -0.3 is 19.4 Å². The molecule has 0 aliphatic heterocycles. The lowest BCUT2D eigenvalue weighted by molar-refractivity contribution is 0.181. The minimum Gasteiger partial charge on any atom is -0.511 e. The van der Waals surface area contributed by atoms with E-state index in [4.69, 9.17) is 14.8 Å². The highest BCUT2D eigenvalue weighted by Gasteiger charge is 2.10. The van der Waals surface area contributed by atoms with Crippen LogP contribution in [0.3, 0.4) is 0 Å². The Labute approximate surface area is 76.1 Å². The molecule has 0 aliphatic carbocycles. The first-order valence-electron chi connectivity index (χ1n) is 3.69. The maximum absolute atomic E-state index is 8.46. The number of hydrogen-bond donors (Lipinski definition) is 2. The summed E-state index contributed by atoms with van der Waals surface area (Å²) in [6.45, 7) is 0.419. The molecule has 0 fully saturated rings. The van der Waals surface area contributed by atoms with Crippen molar-refractivity contribution in [2.24, 2.45) is 0 Å². The summed E-state index contributed by atoms with van der Waals surface area (Å²) in [5.74, 6) is 0.301. The van der Waals surface area contributed by atoms with Crippen molar-refractivity contribution in [3.63, 3.8) is 0 Å². The van der Waals surface area contributed by atoms with E-state index >= 15 is 0 Å². The summed E-state index contributed by atoms with van der Waals surface area (Å²) in [6.07, 6.45) is 1.40. The number of nitrogens with zero attached hydrogens (tertiary/aromatic N) is 1. The number of aromatic nitrogens is 1. The lowest BCUT2D eigenvalue weighted by Crippen LogP contribution is -2.20. The summed E-state index contributed by atoms with van der Waals surface area (Å²) >= 11 is 0. The molecule has 2 N–H and O–H groups in total. The highest BCUT2D eigenvalue weighted by atomic mass is 16.6. The molecule has 70 valence electrons. The molecule has 0 bridgehead atoms. The van der Waals surface area contributed by atoms with E-state index in [2.05, 4.69) is 9.64 Å². The Bertz CT molecular complexity index is 251. The third-order valence-electron chi connectivity index (χ3n) is 1.33. The Kier molecular flexibility index (Phi) is 3.69. The highest BCUT2D eigenvalue weighted by Crippen LogP contribution is 2.09. The summed E-state index contributed by atoms with van der Waals surface area (Å²) < 4.78 is 9.40. The van der Waals surface area contributed by atoms with Crippen molar-refractivity contribution in [1.29, 1.82) is 0 Å². The smallest absolute Gasteiger partial charge is 0.511 e. The number of rotatable bonds is 4. The van der Waals surface area contributed by atoms with Crippen molar-refractivity contribution < 1.29 is 19.4 Å². The van der Waals surface area contributed by atoms with Crippen LogP contribution in [0, 0.1) is 0 Å². The predicted octanol–water partition coefficient (Wildman–Crippen LogP) is -0.424. The van der Waals surface area contributed by atoms with E-state index in [0.29, 0.717) is 12.4 Å². The van der Waals surface area contributed by atoms with E-state index in [1.54, 1.807) is 19.2 Å². The Hall–Kier alpha value is -1.11. The van der Waals surface area contributed by atoms with Crippen molar-refractivity contribution in [3.05, 3.63) is 24.0 Å². The van der Waals surface area contributed by atoms with Crippen LogP contribution in [-0.2, 0) is 11.3 Å². The minimum absolute atomic E-state index is 0.301. The van der Waals surface area contributed by atoms with Crippen molar-refractivity contribution in [1.82, 2.24) is 4.98 Å². The predicted molar refractivity (Wildman–Crippen MR) is 45.8 cm³/mol. The van der Waals surface area contributed by atoms with Crippen LogP contribution in [0.15, 0.2) is 18.3 Å². The fraction of sp³-hybridized carbons (Fsp3) is 0.286. The van der Waals surface area contributed by atoms with Gasteiger partial charge in [-0.1, -0.05) is 0 Å². The largest absolute Gasteiger partial charge is 0.707 e. The molecule has 0 saturated carbocycles. The van der Waals surface area contributed by atoms with Crippen LogP contribution in [0.2, 0.25) is 0 Å². The minimum atomic E-state index is -1.81. The summed E-state index contributed by atoms with van der Waals surface area (Å²) in [5.41, 5.74) is 0.752. The van der Waals surface area contributed by atoms with Crippen LogP contribution in [0.4, 0.5) is 0 Å². The molecular weight excluding hydrogens is 173 g/mol. The lowest BCUT2D eigenvalue weighted by Gasteiger charge is -2.04. The van der Waals surface area contributed by atoms with Crippen molar-refractivity contribution >= 4 is 7.32 Å². The third kappa shape index (κ3) is 3.41. The SMILES string of the molecule is COCc1ccc(OB(O)O)cn1. The standard InChI is InChI=1S/C7H10BNO4/c1-12-5-6-2-3-7(4-9-6)13-8(10)11/h2-4,10-11H,5H2,1H3. The summed E-state index contributed by atoms with van der Waals surface area (Å²) in [7, 11) is -0.237. The van der Waals surface area contributed by atoms with E-state index in [1.165, 1.54) is 6.20 Å². The van der Waals surface area contributed by atoms with Gasteiger partial charge in [-0.15, -0.1) is 0 Å². The van der Waals surface area contributed by atoms with Gasteiger partial charge in [-0.25, -0.2) is 0 Å². The number of pyridine rings is 1. The van der Waals surface area contributed by atoms with Gasteiger partial charge in [0.25, 0.3) is 0 Å². The molecule has 1 rings (SSSR count). The molecule has 1 heterocycles. The molecule has 0 radical (unpaired) electrons. The Morgan fingerprint density at radius 3 is 2.69 bits per heavy atom. The molecule has 1 aromatic rings. The zero-order valence-electron chi connectivity index (χ0n) is 7.17. The second-order valence-electron chi connectivity index (χ2n) is 2.36. The van der Waals surface area contributed by atoms with Crippen LogP contribution in [0.25, 0.3) is 0 Å². The zero-order chi connectivity index (χ0) is 9.68. The van der Waals surface area contributed by atoms with Crippen molar-refractivity contribution in [2.45, 2.75) is 6.61 Å². The molecule has 0 saturated heterocycles. The molecular formula is C7H10BNO4. The summed E-state index contributed by atoms with van der Waals surface area (Å²) in [6, 6.07) is 3.27. The van der Waals surface area contributed by atoms with Gasteiger partial charge in [0.2, 0.25) is 0 Å². The van der Waals surface area contributed by atoms with Gasteiger partial charge in [0.15, 0.2) is 0 Å². The highest BCUT2D eigenvalue weighted by molar-refractivity contribution is 6.33. The third-order valence-corrected chi connectivity index (χ3v) is 1.33. The number of methoxy groups -OCH3 is 1. The molecule has 1 aromatic heterocycles. The lowest BCUT2D eigenvalue weighted by atomic mass is 10.2. The monoisotopic (exact) mass is 183 g/mol. The quantitative estimate of drug-likeness (QED) is 0.620. The molecule has 0 aromatic carbocycles. The Morgan fingerprint density at radius 1 is 1.46 bits per heavy atom. The van der Waals surface area contributed by atoms with Gasteiger partial charge in [0.05, 0.1) is 18.5 Å². The van der Waals surface area contributed by atoms with E-state index in [1.807, 2.05) is 0 Å². The van der Waals surface area contributed by atoms with Crippen LogP contribution in [0.1, 0.15) is 5.69 Å². The first-order valence-corrected chi connectivity index (χ1v) is 3.69. The van der Waals surface area contributed by atoms with Gasteiger partial charge in [-0.05, 0) is 12.1 Å². The maximum atomic E-state index is 8.46. The van der Waals surface area contributed by atoms with E-state index in [9.17, 15) is 0 Å². The second kappa shape index (κ2) is 4.81. The van der Waals surface area contributed by atoms with Crippen molar-refractivity contribution in [2.75, 3.05) is 7.11 Å². The van der Waals surface area contributed by atoms with Gasteiger partial charge >= 0.3 is 7.32 Å². The second-order valence-corrected chi connectivity index (χ2v) is 2.36. The zero-order valence-corrected chi connectivity index (χ0v) is 7.17. The first kappa shape index (κ1) is 9.98. The van der Waals surface area contributed by atoms with E-state index in [0.717, 1.165) is 5.69 Å². The normalized spacial score (nSPS) is 9.77. The Balaban J connectivity index is 2.59. The summed E-state index contributed by atoms with van der Waals surface area (Å²) in [4.78, 5) is 3.95. The van der Waals surface area contributed by atoms with Gasteiger partial charge in [-0.2, -0.15) is 0 Å². The molecule has 5 nitrogen and oxygen atoms in total. The topological polar surface area (TPSA) is 71.8 Å². The van der Waals surface area contributed by atoms with Gasteiger partial charge in [-0.3, -0.25) is 4.98 Å². The van der Waals surface area contributed by atoms with E-state index in [-0.39, 0.29) is 0 Å². The maximum Gasteiger partial charge on any atom is 0.707 e. The van der Waals surface area contributed by atoms with Gasteiger partial charge in [0.1, 0.15) is 5.75 Å². The summed E-state index contributed by atoms with van der Waals surface area (Å²) in [5, 5.41) is 16.9. The molecule has 0 aliphatic rings. The molecule has 0 amide bonds. The molecule has 0 atom stereocenters. The molecule has 0 spiro atoms.